The molecule has 3 rings (SSSR count). The van der Waals surface area contributed by atoms with Crippen molar-refractivity contribution in [3.8, 4) is 0 Å². The van der Waals surface area contributed by atoms with E-state index in [1.54, 1.807) is 0 Å². The zero-order valence-electron chi connectivity index (χ0n) is 10.0. The first-order valence-electron chi connectivity index (χ1n) is 6.39. The van der Waals surface area contributed by atoms with E-state index in [0.717, 1.165) is 30.8 Å². The maximum atomic E-state index is 12.5. The van der Waals surface area contributed by atoms with E-state index in [-0.39, 0.29) is 29.9 Å². The smallest absolute Gasteiger partial charge is 0.246 e. The van der Waals surface area contributed by atoms with Gasteiger partial charge in [-0.2, -0.15) is 11.8 Å². The lowest BCUT2D eigenvalue weighted by atomic mass is 10.0. The Kier molecular flexibility index (Phi) is 2.81. The van der Waals surface area contributed by atoms with Gasteiger partial charge in [0.05, 0.1) is 0 Å². The summed E-state index contributed by atoms with van der Waals surface area (Å²) in [6.07, 6.45) is 3.20. The summed E-state index contributed by atoms with van der Waals surface area (Å²) in [6.45, 7) is 1.85. The van der Waals surface area contributed by atoms with Crippen LogP contribution in [0, 0.1) is 5.92 Å². The first kappa shape index (κ1) is 11.4. The Morgan fingerprint density at radius 3 is 2.65 bits per heavy atom. The molecule has 3 fully saturated rings. The van der Waals surface area contributed by atoms with Crippen LogP contribution in [-0.4, -0.2) is 46.3 Å². The molecule has 2 aliphatic heterocycles. The van der Waals surface area contributed by atoms with Gasteiger partial charge < -0.3 is 10.2 Å². The van der Waals surface area contributed by atoms with E-state index in [4.69, 9.17) is 0 Å². The van der Waals surface area contributed by atoms with Crippen LogP contribution in [0.2, 0.25) is 0 Å². The van der Waals surface area contributed by atoms with Gasteiger partial charge in [-0.05, 0) is 37.9 Å². The van der Waals surface area contributed by atoms with Crippen LogP contribution in [-0.2, 0) is 9.59 Å². The molecule has 4 nitrogen and oxygen atoms in total. The van der Waals surface area contributed by atoms with Crippen molar-refractivity contribution in [2.24, 2.45) is 5.92 Å². The van der Waals surface area contributed by atoms with E-state index in [1.807, 2.05) is 23.6 Å². The lowest BCUT2D eigenvalue weighted by molar-refractivity contribution is -0.151. The van der Waals surface area contributed by atoms with Crippen molar-refractivity contribution in [2.75, 3.05) is 11.5 Å². The van der Waals surface area contributed by atoms with Gasteiger partial charge in [0, 0.05) is 11.8 Å². The average Bonchev–Trinajstić information content (AvgIpc) is 3.01. The van der Waals surface area contributed by atoms with Gasteiger partial charge in [0.25, 0.3) is 0 Å². The highest BCUT2D eigenvalue weighted by atomic mass is 32.2. The summed E-state index contributed by atoms with van der Waals surface area (Å²) >= 11 is 1.88. The Bertz CT molecular complexity index is 350. The standard InChI is InChI=1S/C12H18N2O2S/c1-7-11(15)13-10(8-2-3-8)12(16)14(7)9-4-5-17-6-9/h7-10H,2-6H2,1H3,(H,13,15). The second kappa shape index (κ2) is 4.19. The molecule has 3 unspecified atom stereocenters. The van der Waals surface area contributed by atoms with Gasteiger partial charge >= 0.3 is 0 Å². The summed E-state index contributed by atoms with van der Waals surface area (Å²) in [5.41, 5.74) is 0. The molecule has 1 aliphatic carbocycles. The maximum Gasteiger partial charge on any atom is 0.246 e. The third kappa shape index (κ3) is 1.94. The van der Waals surface area contributed by atoms with Crippen LogP contribution < -0.4 is 5.32 Å². The number of carbonyl (C=O) groups is 2. The van der Waals surface area contributed by atoms with Crippen molar-refractivity contribution in [3.05, 3.63) is 0 Å². The fourth-order valence-electron chi connectivity index (χ4n) is 2.80. The third-order valence-electron chi connectivity index (χ3n) is 4.01. The number of carbonyl (C=O) groups excluding carboxylic acids is 2. The number of hydrogen-bond donors (Lipinski definition) is 1. The molecule has 0 radical (unpaired) electrons. The molecule has 0 aromatic rings. The SMILES string of the molecule is CC1C(=O)NC(C2CC2)C(=O)N1C1CCSC1. The Morgan fingerprint density at radius 1 is 1.29 bits per heavy atom. The molecule has 2 amide bonds. The number of nitrogens with zero attached hydrogens (tertiary/aromatic N) is 1. The number of rotatable bonds is 2. The van der Waals surface area contributed by atoms with E-state index in [9.17, 15) is 9.59 Å². The zero-order chi connectivity index (χ0) is 12.0. The number of nitrogens with one attached hydrogen (secondary N) is 1. The summed E-state index contributed by atoms with van der Waals surface area (Å²) in [4.78, 5) is 26.3. The normalized spacial score (nSPS) is 38.4. The van der Waals surface area contributed by atoms with Crippen molar-refractivity contribution >= 4 is 23.6 Å². The van der Waals surface area contributed by atoms with Gasteiger partial charge in [0.1, 0.15) is 12.1 Å². The fraction of sp³-hybridized carbons (Fsp3) is 0.833. The van der Waals surface area contributed by atoms with E-state index in [2.05, 4.69) is 5.32 Å². The van der Waals surface area contributed by atoms with E-state index >= 15 is 0 Å². The van der Waals surface area contributed by atoms with Crippen LogP contribution in [0.25, 0.3) is 0 Å². The Balaban J connectivity index is 1.81. The summed E-state index contributed by atoms with van der Waals surface area (Å²) in [7, 11) is 0. The highest BCUT2D eigenvalue weighted by Crippen LogP contribution is 2.36. The Labute approximate surface area is 105 Å². The second-order valence-electron chi connectivity index (χ2n) is 5.26. The van der Waals surface area contributed by atoms with E-state index in [1.165, 1.54) is 0 Å². The third-order valence-corrected chi connectivity index (χ3v) is 5.15. The second-order valence-corrected chi connectivity index (χ2v) is 6.41. The van der Waals surface area contributed by atoms with Crippen molar-refractivity contribution in [1.29, 1.82) is 0 Å². The van der Waals surface area contributed by atoms with Crippen molar-refractivity contribution in [1.82, 2.24) is 10.2 Å². The van der Waals surface area contributed by atoms with Gasteiger partial charge in [-0.25, -0.2) is 0 Å². The minimum atomic E-state index is -0.291. The molecule has 0 bridgehead atoms. The number of amides is 2. The molecular weight excluding hydrogens is 236 g/mol. The molecule has 94 valence electrons. The summed E-state index contributed by atoms with van der Waals surface area (Å²) in [5.74, 6) is 2.68. The van der Waals surface area contributed by atoms with Gasteiger partial charge in [-0.15, -0.1) is 0 Å². The van der Waals surface area contributed by atoms with Gasteiger partial charge in [-0.1, -0.05) is 0 Å². The fourth-order valence-corrected chi connectivity index (χ4v) is 4.00. The molecule has 2 saturated heterocycles. The van der Waals surface area contributed by atoms with E-state index < -0.39 is 0 Å². The molecule has 0 spiro atoms. The Morgan fingerprint density at radius 2 is 2.06 bits per heavy atom. The van der Waals surface area contributed by atoms with Crippen LogP contribution in [0.15, 0.2) is 0 Å². The minimum Gasteiger partial charge on any atom is -0.342 e. The highest BCUT2D eigenvalue weighted by Gasteiger charge is 2.47. The Hall–Kier alpha value is -0.710. The molecule has 1 N–H and O–H groups in total. The van der Waals surface area contributed by atoms with Crippen molar-refractivity contribution in [3.63, 3.8) is 0 Å². The quantitative estimate of drug-likeness (QED) is 0.786. The van der Waals surface area contributed by atoms with Crippen LogP contribution >= 0.6 is 11.8 Å². The first-order valence-corrected chi connectivity index (χ1v) is 7.54. The predicted molar refractivity (Wildman–Crippen MR) is 66.7 cm³/mol. The largest absolute Gasteiger partial charge is 0.342 e. The van der Waals surface area contributed by atoms with Gasteiger partial charge in [0.15, 0.2) is 0 Å². The van der Waals surface area contributed by atoms with Crippen LogP contribution in [0.4, 0.5) is 0 Å². The lowest BCUT2D eigenvalue weighted by Gasteiger charge is -2.40. The summed E-state index contributed by atoms with van der Waals surface area (Å²) < 4.78 is 0. The molecule has 0 aromatic carbocycles. The molecule has 0 aromatic heterocycles. The van der Waals surface area contributed by atoms with Crippen LogP contribution in [0.1, 0.15) is 26.2 Å². The molecule has 2 heterocycles. The molecule has 1 saturated carbocycles. The van der Waals surface area contributed by atoms with Gasteiger partial charge in [0.2, 0.25) is 11.8 Å². The zero-order valence-corrected chi connectivity index (χ0v) is 10.8. The van der Waals surface area contributed by atoms with Crippen molar-refractivity contribution in [2.45, 2.75) is 44.3 Å². The molecule has 3 aliphatic rings. The monoisotopic (exact) mass is 254 g/mol. The van der Waals surface area contributed by atoms with Crippen LogP contribution in [0.3, 0.4) is 0 Å². The highest BCUT2D eigenvalue weighted by molar-refractivity contribution is 7.99. The molecule has 17 heavy (non-hydrogen) atoms. The maximum absolute atomic E-state index is 12.5. The number of hydrogen-bond acceptors (Lipinski definition) is 3. The number of thioether (sulfide) groups is 1. The van der Waals surface area contributed by atoms with Crippen molar-refractivity contribution < 1.29 is 9.59 Å². The van der Waals surface area contributed by atoms with Gasteiger partial charge in [-0.3, -0.25) is 9.59 Å². The predicted octanol–water partition coefficient (Wildman–Crippen LogP) is 0.617. The molecule has 5 heteroatoms. The molecule has 3 atom stereocenters. The summed E-state index contributed by atoms with van der Waals surface area (Å²) in [6, 6.07) is -0.250. The first-order chi connectivity index (χ1) is 8.18. The summed E-state index contributed by atoms with van der Waals surface area (Å²) in [5, 5.41) is 2.89. The van der Waals surface area contributed by atoms with E-state index in [0.29, 0.717) is 5.92 Å². The lowest BCUT2D eigenvalue weighted by Crippen LogP contribution is -2.65. The topological polar surface area (TPSA) is 49.4 Å². The minimum absolute atomic E-state index is 0.0263. The van der Waals surface area contributed by atoms with Crippen LogP contribution in [0.5, 0.6) is 0 Å². The number of piperazine rings is 1. The molecular formula is C12H18N2O2S. The average molecular weight is 254 g/mol.